The molecular weight excluding hydrogens is 524 g/mol. The van der Waals surface area contributed by atoms with Gasteiger partial charge in [-0.3, -0.25) is 24.3 Å². The van der Waals surface area contributed by atoms with E-state index < -0.39 is 11.9 Å². The second-order valence-corrected chi connectivity index (χ2v) is 10.8. The smallest absolute Gasteiger partial charge is 0.273 e. The summed E-state index contributed by atoms with van der Waals surface area (Å²) in [5, 5.41) is 6.74. The summed E-state index contributed by atoms with van der Waals surface area (Å²) in [6.45, 7) is 1.97. The number of carbonyl (C=O) groups is 3. The Morgan fingerprint density at radius 2 is 1.77 bits per heavy atom. The van der Waals surface area contributed by atoms with Crippen LogP contribution in [0.4, 0.5) is 11.4 Å². The number of aromatic nitrogens is 2. The lowest BCUT2D eigenvalue weighted by Gasteiger charge is -2.28. The van der Waals surface area contributed by atoms with Gasteiger partial charge in [0.1, 0.15) is 10.9 Å². The van der Waals surface area contributed by atoms with Crippen molar-refractivity contribution in [3.63, 3.8) is 0 Å². The molecular formula is C30H32N6O3S. The molecule has 1 aliphatic rings. The number of hydrogen-bond donors (Lipinski definition) is 3. The third kappa shape index (κ3) is 5.96. The van der Waals surface area contributed by atoms with Crippen molar-refractivity contribution in [2.45, 2.75) is 57.7 Å². The van der Waals surface area contributed by atoms with Crippen LogP contribution < -0.4 is 21.3 Å². The highest BCUT2D eigenvalue weighted by molar-refractivity contribution is 7.09. The lowest BCUT2D eigenvalue weighted by atomic mass is 9.95. The van der Waals surface area contributed by atoms with Gasteiger partial charge >= 0.3 is 0 Å². The van der Waals surface area contributed by atoms with Gasteiger partial charge in [-0.2, -0.15) is 4.37 Å². The third-order valence-electron chi connectivity index (χ3n) is 7.23. The molecule has 10 heteroatoms. The van der Waals surface area contributed by atoms with Crippen LogP contribution in [-0.2, 0) is 11.3 Å². The van der Waals surface area contributed by atoms with Gasteiger partial charge in [0.05, 0.1) is 23.1 Å². The molecule has 3 amide bonds. The fourth-order valence-corrected chi connectivity index (χ4v) is 5.72. The number of pyridine rings is 1. The van der Waals surface area contributed by atoms with E-state index in [9.17, 15) is 14.4 Å². The van der Waals surface area contributed by atoms with Crippen molar-refractivity contribution in [1.29, 1.82) is 0 Å². The molecule has 0 aliphatic heterocycles. The van der Waals surface area contributed by atoms with Crippen molar-refractivity contribution in [2.24, 2.45) is 0 Å². The summed E-state index contributed by atoms with van der Waals surface area (Å²) in [6, 6.07) is 18.1. The average Bonchev–Trinajstić information content (AvgIpc) is 3.38. The number of nitrogens with two attached hydrogens (primary N) is 1. The summed E-state index contributed by atoms with van der Waals surface area (Å²) < 4.78 is 4.25. The molecule has 5 rings (SSSR count). The quantitative estimate of drug-likeness (QED) is 0.289. The molecule has 1 atom stereocenters. The first kappa shape index (κ1) is 27.3. The van der Waals surface area contributed by atoms with E-state index in [-0.39, 0.29) is 34.1 Å². The minimum absolute atomic E-state index is 0.0129. The van der Waals surface area contributed by atoms with Crippen LogP contribution in [0.15, 0.2) is 66.9 Å². The monoisotopic (exact) mass is 556 g/mol. The molecule has 0 bridgehead atoms. The van der Waals surface area contributed by atoms with Gasteiger partial charge in [-0.15, -0.1) is 0 Å². The highest BCUT2D eigenvalue weighted by Crippen LogP contribution is 2.29. The van der Waals surface area contributed by atoms with Crippen molar-refractivity contribution in [1.82, 2.24) is 20.0 Å². The standard InChI is InChI=1S/C30H32N6O3S/c1-19(28(37)33-17-20-10-4-2-5-11-20)36(23-16-21-12-8-9-15-24(21)32-18-23)30(39)27-25(31)26(35-40-27)29(38)34-22-13-6-3-7-14-22/h2,4-5,8-12,15-16,18-19,22H,3,6-7,13-14,17,31H2,1H3,(H,33,37)(H,34,38)/t19-/m1/s1. The van der Waals surface area contributed by atoms with Crippen molar-refractivity contribution >= 4 is 51.5 Å². The number of benzene rings is 2. The summed E-state index contributed by atoms with van der Waals surface area (Å²) >= 11 is 0.861. The predicted octanol–water partition coefficient (Wildman–Crippen LogP) is 4.69. The zero-order valence-corrected chi connectivity index (χ0v) is 23.1. The Hall–Kier alpha value is -4.31. The van der Waals surface area contributed by atoms with Crippen LogP contribution in [0.5, 0.6) is 0 Å². The zero-order valence-electron chi connectivity index (χ0n) is 22.3. The van der Waals surface area contributed by atoms with Crippen LogP contribution in [0.1, 0.15) is 64.8 Å². The molecule has 2 aromatic heterocycles. The van der Waals surface area contributed by atoms with Gasteiger partial charge in [0.2, 0.25) is 5.91 Å². The average molecular weight is 557 g/mol. The van der Waals surface area contributed by atoms with E-state index in [1.165, 1.54) is 11.3 Å². The molecule has 40 heavy (non-hydrogen) atoms. The SMILES string of the molecule is C[C@H](C(=O)NCc1ccccc1)N(C(=O)c1snc(C(=O)NC2CCCCC2)c1N)c1cnc2ccccc2c1. The minimum Gasteiger partial charge on any atom is -0.395 e. The van der Waals surface area contributed by atoms with Crippen LogP contribution in [-0.4, -0.2) is 39.2 Å². The highest BCUT2D eigenvalue weighted by atomic mass is 32.1. The molecule has 2 heterocycles. The fourth-order valence-electron chi connectivity index (χ4n) is 4.98. The molecule has 9 nitrogen and oxygen atoms in total. The topological polar surface area (TPSA) is 130 Å². The van der Waals surface area contributed by atoms with Crippen molar-refractivity contribution in [2.75, 3.05) is 10.6 Å². The number of nitrogens with zero attached hydrogens (tertiary/aromatic N) is 3. The molecule has 1 saturated carbocycles. The Balaban J connectivity index is 1.43. The van der Waals surface area contributed by atoms with Crippen molar-refractivity contribution in [3.05, 3.63) is 83.0 Å². The lowest BCUT2D eigenvalue weighted by molar-refractivity contribution is -0.122. The zero-order chi connectivity index (χ0) is 28.1. The van der Waals surface area contributed by atoms with E-state index in [4.69, 9.17) is 5.73 Å². The van der Waals surface area contributed by atoms with Crippen LogP contribution in [0, 0.1) is 0 Å². The van der Waals surface area contributed by atoms with Crippen molar-refractivity contribution in [3.8, 4) is 0 Å². The predicted molar refractivity (Wildman–Crippen MR) is 157 cm³/mol. The number of nitrogen functional groups attached to an aromatic ring is 1. The Kier molecular flexibility index (Phi) is 8.35. The van der Waals surface area contributed by atoms with Gasteiger partial charge in [-0.1, -0.05) is 67.8 Å². The second-order valence-electron chi connectivity index (χ2n) is 10.0. The largest absolute Gasteiger partial charge is 0.395 e. The molecule has 0 radical (unpaired) electrons. The molecule has 206 valence electrons. The normalized spacial score (nSPS) is 14.4. The number of carbonyl (C=O) groups excluding carboxylic acids is 3. The molecule has 0 saturated heterocycles. The van der Waals surface area contributed by atoms with E-state index in [1.807, 2.05) is 60.7 Å². The minimum atomic E-state index is -0.903. The van der Waals surface area contributed by atoms with E-state index in [2.05, 4.69) is 20.0 Å². The molecule has 0 unspecified atom stereocenters. The fraction of sp³-hybridized carbons (Fsp3) is 0.300. The Labute approximate surface area is 237 Å². The van der Waals surface area contributed by atoms with Crippen molar-refractivity contribution < 1.29 is 14.4 Å². The van der Waals surface area contributed by atoms with Crippen LogP contribution in [0.3, 0.4) is 0 Å². The van der Waals surface area contributed by atoms with Gasteiger partial charge in [0, 0.05) is 18.0 Å². The molecule has 4 aromatic rings. The molecule has 1 fully saturated rings. The maximum absolute atomic E-state index is 14.0. The van der Waals surface area contributed by atoms with E-state index in [1.54, 1.807) is 13.1 Å². The summed E-state index contributed by atoms with van der Waals surface area (Å²) in [7, 11) is 0. The van der Waals surface area contributed by atoms with Crippen LogP contribution in [0.2, 0.25) is 0 Å². The first-order valence-electron chi connectivity index (χ1n) is 13.5. The second kappa shape index (κ2) is 12.3. The van der Waals surface area contributed by atoms with Gasteiger partial charge in [-0.05, 0) is 49.0 Å². The third-order valence-corrected chi connectivity index (χ3v) is 8.08. The molecule has 2 aromatic carbocycles. The first-order chi connectivity index (χ1) is 19.4. The summed E-state index contributed by atoms with van der Waals surface area (Å²) in [6.07, 6.45) is 6.70. The maximum atomic E-state index is 14.0. The first-order valence-corrected chi connectivity index (χ1v) is 14.3. The Morgan fingerprint density at radius 3 is 2.55 bits per heavy atom. The summed E-state index contributed by atoms with van der Waals surface area (Å²) in [5.74, 6) is -1.25. The Bertz CT molecular complexity index is 1520. The number of nitrogens with one attached hydrogen (secondary N) is 2. The number of amides is 3. The summed E-state index contributed by atoms with van der Waals surface area (Å²) in [5.41, 5.74) is 8.54. The van der Waals surface area contributed by atoms with E-state index in [0.717, 1.165) is 53.7 Å². The van der Waals surface area contributed by atoms with Gasteiger partial charge < -0.3 is 16.4 Å². The molecule has 1 aliphatic carbocycles. The Morgan fingerprint density at radius 1 is 1.05 bits per heavy atom. The van der Waals surface area contributed by atoms with Gasteiger partial charge in [0.15, 0.2) is 5.69 Å². The number of hydrogen-bond acceptors (Lipinski definition) is 7. The molecule has 0 spiro atoms. The number of rotatable bonds is 8. The van der Waals surface area contributed by atoms with E-state index in [0.29, 0.717) is 12.2 Å². The van der Waals surface area contributed by atoms with Gasteiger partial charge in [0.25, 0.3) is 11.8 Å². The lowest BCUT2D eigenvalue weighted by Crippen LogP contribution is -2.48. The number of para-hydroxylation sites is 1. The maximum Gasteiger partial charge on any atom is 0.273 e. The number of fused-ring (bicyclic) bond motifs is 1. The van der Waals surface area contributed by atoms with E-state index >= 15 is 0 Å². The number of anilines is 2. The summed E-state index contributed by atoms with van der Waals surface area (Å²) in [4.78, 5) is 46.3. The molecule has 4 N–H and O–H groups in total. The highest BCUT2D eigenvalue weighted by Gasteiger charge is 2.33. The van der Waals surface area contributed by atoms with Crippen LogP contribution in [0.25, 0.3) is 10.9 Å². The van der Waals surface area contributed by atoms with Gasteiger partial charge in [-0.25, -0.2) is 0 Å². The van der Waals surface area contributed by atoms with Crippen LogP contribution >= 0.6 is 11.5 Å².